The van der Waals surface area contributed by atoms with Gasteiger partial charge in [-0.05, 0) is 46.3 Å². The van der Waals surface area contributed by atoms with Crippen LogP contribution in [0.15, 0.2) is 51.9 Å². The molecule has 0 aliphatic heterocycles. The molecule has 0 saturated carbocycles. The number of benzene rings is 2. The minimum Gasteiger partial charge on any atom is -0.508 e. The number of hydrogen-bond acceptors (Lipinski definition) is 4. The van der Waals surface area contributed by atoms with Crippen molar-refractivity contribution in [3.8, 4) is 17.2 Å². The van der Waals surface area contributed by atoms with E-state index in [1.54, 1.807) is 18.3 Å². The Morgan fingerprint density at radius 3 is 2.42 bits per heavy atom. The molecule has 3 aromatic rings. The lowest BCUT2D eigenvalue weighted by atomic mass is 10.1. The van der Waals surface area contributed by atoms with Gasteiger partial charge in [-0.25, -0.2) is 4.79 Å². The summed E-state index contributed by atoms with van der Waals surface area (Å²) in [5.41, 5.74) is 5.36. The Bertz CT molecular complexity index is 1010. The Hall–Kier alpha value is -3.00. The van der Waals surface area contributed by atoms with Gasteiger partial charge in [0.05, 0.1) is 11.1 Å². The molecule has 1 heterocycles. The molecule has 5 N–H and O–H groups in total. The quantitative estimate of drug-likeness (QED) is 0.538. The van der Waals surface area contributed by atoms with Gasteiger partial charge in [0.1, 0.15) is 11.5 Å². The predicted octanol–water partition coefficient (Wildman–Crippen LogP) is 2.65. The number of phenols is 2. The number of anilines is 1. The number of nitrogens with zero attached hydrogens (tertiary/aromatic N) is 1. The summed E-state index contributed by atoms with van der Waals surface area (Å²) in [7, 11) is 0. The number of amides is 2. The third kappa shape index (κ3) is 2.79. The van der Waals surface area contributed by atoms with Crippen molar-refractivity contribution in [2.24, 2.45) is 5.73 Å². The predicted molar refractivity (Wildman–Crippen MR) is 93.8 cm³/mol. The van der Waals surface area contributed by atoms with Gasteiger partial charge in [-0.1, -0.05) is 0 Å². The molecular formula is C16H12BrN3O4. The number of pyridine rings is 1. The second-order valence-corrected chi connectivity index (χ2v) is 5.93. The topological polar surface area (TPSA) is 118 Å². The standard InChI is InChI=1S/C16H12BrN3O4/c17-12-7-20(8-1-3-9(21)4-2-8)15(23)14-11(12)5-10(22)6-13(14)19-16(18)24/h1-7,21-22H,(H3,18,19,24). The number of fused-ring (bicyclic) bond motifs is 1. The average Bonchev–Trinajstić information content (AvgIpc) is 2.50. The van der Waals surface area contributed by atoms with E-state index in [1.807, 2.05) is 0 Å². The number of nitrogens with two attached hydrogens (primary N) is 1. The van der Waals surface area contributed by atoms with E-state index in [2.05, 4.69) is 21.2 Å². The third-order valence-corrected chi connectivity index (χ3v) is 4.07. The minimum absolute atomic E-state index is 0.0765. The number of urea groups is 1. The first-order chi connectivity index (χ1) is 11.4. The Morgan fingerprint density at radius 2 is 1.79 bits per heavy atom. The maximum Gasteiger partial charge on any atom is 0.316 e. The summed E-state index contributed by atoms with van der Waals surface area (Å²) in [4.78, 5) is 24.1. The molecule has 0 fully saturated rings. The van der Waals surface area contributed by atoms with E-state index in [-0.39, 0.29) is 22.6 Å². The maximum absolute atomic E-state index is 12.9. The van der Waals surface area contributed by atoms with Crippen molar-refractivity contribution < 1.29 is 15.0 Å². The summed E-state index contributed by atoms with van der Waals surface area (Å²) in [6.07, 6.45) is 1.55. The van der Waals surface area contributed by atoms with Crippen LogP contribution in [0.3, 0.4) is 0 Å². The van der Waals surface area contributed by atoms with Crippen molar-refractivity contribution in [2.75, 3.05) is 5.32 Å². The molecule has 0 aliphatic rings. The Kier molecular flexibility index (Phi) is 3.90. The van der Waals surface area contributed by atoms with Crippen molar-refractivity contribution in [1.82, 2.24) is 4.57 Å². The normalized spacial score (nSPS) is 10.7. The number of phenolic OH excluding ortho intramolecular Hbond substituents is 2. The first kappa shape index (κ1) is 15.9. The van der Waals surface area contributed by atoms with E-state index in [4.69, 9.17) is 5.73 Å². The number of hydrogen-bond donors (Lipinski definition) is 4. The Balaban J connectivity index is 2.37. The van der Waals surface area contributed by atoms with Crippen LogP contribution in [0.25, 0.3) is 16.5 Å². The second-order valence-electron chi connectivity index (χ2n) is 5.07. The first-order valence-corrected chi connectivity index (χ1v) is 7.60. The fourth-order valence-corrected chi connectivity index (χ4v) is 2.96. The number of halogens is 1. The lowest BCUT2D eigenvalue weighted by Gasteiger charge is -2.13. The van der Waals surface area contributed by atoms with Crippen molar-refractivity contribution in [3.05, 3.63) is 57.4 Å². The molecule has 0 atom stereocenters. The molecule has 24 heavy (non-hydrogen) atoms. The lowest BCUT2D eigenvalue weighted by molar-refractivity contribution is 0.259. The zero-order valence-corrected chi connectivity index (χ0v) is 13.7. The monoisotopic (exact) mass is 389 g/mol. The van der Waals surface area contributed by atoms with E-state index in [1.165, 1.54) is 28.8 Å². The van der Waals surface area contributed by atoms with Crippen LogP contribution in [-0.2, 0) is 0 Å². The van der Waals surface area contributed by atoms with E-state index in [0.717, 1.165) is 0 Å². The highest BCUT2D eigenvalue weighted by atomic mass is 79.9. The van der Waals surface area contributed by atoms with Crippen LogP contribution in [0.2, 0.25) is 0 Å². The highest BCUT2D eigenvalue weighted by molar-refractivity contribution is 9.10. The summed E-state index contributed by atoms with van der Waals surface area (Å²) < 4.78 is 1.89. The van der Waals surface area contributed by atoms with Crippen molar-refractivity contribution in [3.63, 3.8) is 0 Å². The average molecular weight is 390 g/mol. The van der Waals surface area contributed by atoms with Gasteiger partial charge in [0, 0.05) is 27.8 Å². The molecule has 2 amide bonds. The summed E-state index contributed by atoms with van der Waals surface area (Å²) in [6, 6.07) is 7.89. The molecule has 122 valence electrons. The van der Waals surface area contributed by atoms with Gasteiger partial charge in [0.2, 0.25) is 0 Å². The molecule has 0 saturated heterocycles. The van der Waals surface area contributed by atoms with Crippen LogP contribution >= 0.6 is 15.9 Å². The van der Waals surface area contributed by atoms with Crippen LogP contribution in [0, 0.1) is 0 Å². The van der Waals surface area contributed by atoms with Gasteiger partial charge >= 0.3 is 6.03 Å². The molecule has 2 aromatic carbocycles. The number of aromatic nitrogens is 1. The highest BCUT2D eigenvalue weighted by Gasteiger charge is 2.15. The van der Waals surface area contributed by atoms with Crippen molar-refractivity contribution in [1.29, 1.82) is 0 Å². The van der Waals surface area contributed by atoms with Gasteiger partial charge in [0.15, 0.2) is 0 Å². The lowest BCUT2D eigenvalue weighted by Crippen LogP contribution is -2.23. The number of carbonyl (C=O) groups is 1. The Labute approximate surface area is 144 Å². The number of primary amides is 1. The molecule has 0 aliphatic carbocycles. The van der Waals surface area contributed by atoms with Crippen LogP contribution < -0.4 is 16.6 Å². The fraction of sp³-hybridized carbons (Fsp3) is 0. The molecule has 1 aromatic heterocycles. The van der Waals surface area contributed by atoms with Gasteiger partial charge < -0.3 is 21.3 Å². The van der Waals surface area contributed by atoms with Crippen LogP contribution in [-0.4, -0.2) is 20.8 Å². The van der Waals surface area contributed by atoms with E-state index in [9.17, 15) is 19.8 Å². The molecule has 8 heteroatoms. The third-order valence-electron chi connectivity index (χ3n) is 3.44. The van der Waals surface area contributed by atoms with Crippen LogP contribution in [0.1, 0.15) is 0 Å². The first-order valence-electron chi connectivity index (χ1n) is 6.80. The summed E-state index contributed by atoms with van der Waals surface area (Å²) in [5, 5.41) is 22.2. The molecule has 0 spiro atoms. The molecule has 0 unspecified atom stereocenters. The Morgan fingerprint density at radius 1 is 1.12 bits per heavy atom. The highest BCUT2D eigenvalue weighted by Crippen LogP contribution is 2.31. The maximum atomic E-state index is 12.9. The fourth-order valence-electron chi connectivity index (χ4n) is 2.44. The summed E-state index contributed by atoms with van der Waals surface area (Å²) in [6.45, 7) is 0. The zero-order chi connectivity index (χ0) is 17.4. The van der Waals surface area contributed by atoms with E-state index >= 15 is 0 Å². The molecule has 3 rings (SSSR count). The van der Waals surface area contributed by atoms with Gasteiger partial charge in [-0.15, -0.1) is 0 Å². The summed E-state index contributed by atoms with van der Waals surface area (Å²) >= 11 is 3.36. The number of rotatable bonds is 2. The largest absolute Gasteiger partial charge is 0.508 e. The summed E-state index contributed by atoms with van der Waals surface area (Å²) in [5.74, 6) is -0.0404. The zero-order valence-electron chi connectivity index (χ0n) is 12.2. The van der Waals surface area contributed by atoms with E-state index in [0.29, 0.717) is 15.5 Å². The van der Waals surface area contributed by atoms with Gasteiger partial charge in [0.25, 0.3) is 5.56 Å². The smallest absolute Gasteiger partial charge is 0.316 e. The second kappa shape index (κ2) is 5.89. The van der Waals surface area contributed by atoms with Crippen LogP contribution in [0.4, 0.5) is 10.5 Å². The van der Waals surface area contributed by atoms with E-state index < -0.39 is 11.6 Å². The SMILES string of the molecule is NC(=O)Nc1cc(O)cc2c(Br)cn(-c3ccc(O)cc3)c(=O)c12. The molecule has 0 radical (unpaired) electrons. The van der Waals surface area contributed by atoms with Gasteiger partial charge in [-0.3, -0.25) is 9.36 Å². The molecule has 7 nitrogen and oxygen atoms in total. The number of carbonyl (C=O) groups excluding carboxylic acids is 1. The van der Waals surface area contributed by atoms with Crippen molar-refractivity contribution in [2.45, 2.75) is 0 Å². The number of nitrogens with one attached hydrogen (secondary N) is 1. The molecule has 0 bridgehead atoms. The van der Waals surface area contributed by atoms with Gasteiger partial charge in [-0.2, -0.15) is 0 Å². The van der Waals surface area contributed by atoms with Crippen molar-refractivity contribution >= 4 is 38.4 Å². The number of aromatic hydroxyl groups is 2. The molecular weight excluding hydrogens is 378 g/mol. The van der Waals surface area contributed by atoms with Crippen LogP contribution in [0.5, 0.6) is 11.5 Å². The minimum atomic E-state index is -0.850.